The summed E-state index contributed by atoms with van der Waals surface area (Å²) >= 11 is 0. The van der Waals surface area contributed by atoms with Crippen molar-refractivity contribution in [2.75, 3.05) is 7.11 Å². The second-order valence-electron chi connectivity index (χ2n) is 5.88. The van der Waals surface area contributed by atoms with Crippen molar-refractivity contribution in [1.82, 2.24) is 15.5 Å². The Kier molecular flexibility index (Phi) is 5.17. The van der Waals surface area contributed by atoms with Crippen LogP contribution in [0.25, 0.3) is 0 Å². The lowest BCUT2D eigenvalue weighted by molar-refractivity contribution is -0.151. The molecule has 1 amide bonds. The molecule has 0 aliphatic carbocycles. The van der Waals surface area contributed by atoms with Gasteiger partial charge < -0.3 is 24.4 Å². The summed E-state index contributed by atoms with van der Waals surface area (Å²) in [4.78, 5) is 27.8. The van der Waals surface area contributed by atoms with Gasteiger partial charge in [0.2, 0.25) is 11.8 Å². The van der Waals surface area contributed by atoms with E-state index in [0.717, 1.165) is 0 Å². The number of nitrogens with zero attached hydrogens (tertiary/aromatic N) is 2. The highest BCUT2D eigenvalue weighted by Gasteiger charge is 2.36. The number of methoxy groups -OCH3 is 1. The maximum absolute atomic E-state index is 12.6. The van der Waals surface area contributed by atoms with Gasteiger partial charge in [0, 0.05) is 12.5 Å². The number of ether oxygens (including phenoxy) is 2. The second-order valence-corrected chi connectivity index (χ2v) is 5.88. The van der Waals surface area contributed by atoms with Crippen LogP contribution < -0.4 is 10.1 Å². The molecule has 1 aromatic carbocycles. The predicted octanol–water partition coefficient (Wildman–Crippen LogP) is 1.22. The van der Waals surface area contributed by atoms with Gasteiger partial charge in [-0.25, -0.2) is 4.79 Å². The molecular weight excluding hydrogens is 342 g/mol. The highest BCUT2D eigenvalue weighted by atomic mass is 16.5. The standard InChI is InChI=1S/C17H19N3O6/c1-9-18-15(20-26-9)14(10-5-3-4-6-11(10)24-2)19-16(21)12-7-8-13(25-12)17(22)23/h3-6,12-14H,7-8H2,1-2H3,(H,19,21)(H,22,23)/t12-,13+,14?/m0/s1. The van der Waals surface area contributed by atoms with Gasteiger partial charge in [-0.2, -0.15) is 4.98 Å². The van der Waals surface area contributed by atoms with E-state index in [1.54, 1.807) is 31.2 Å². The Hall–Kier alpha value is -2.94. The first kappa shape index (κ1) is 17.9. The first-order valence-electron chi connectivity index (χ1n) is 8.11. The van der Waals surface area contributed by atoms with Crippen LogP contribution in [0.1, 0.15) is 36.2 Å². The summed E-state index contributed by atoms with van der Waals surface area (Å²) in [5.74, 6) is -0.330. The van der Waals surface area contributed by atoms with Crippen LogP contribution >= 0.6 is 0 Å². The van der Waals surface area contributed by atoms with Crippen molar-refractivity contribution >= 4 is 11.9 Å². The highest BCUT2D eigenvalue weighted by Crippen LogP contribution is 2.29. The number of rotatable bonds is 6. The van der Waals surface area contributed by atoms with E-state index in [2.05, 4.69) is 15.5 Å². The van der Waals surface area contributed by atoms with E-state index in [0.29, 0.717) is 23.6 Å². The number of carbonyl (C=O) groups excluding carboxylic acids is 1. The number of aryl methyl sites for hydroxylation is 1. The summed E-state index contributed by atoms with van der Waals surface area (Å²) < 4.78 is 15.7. The van der Waals surface area contributed by atoms with Gasteiger partial charge in [0.05, 0.1) is 7.11 Å². The predicted molar refractivity (Wildman–Crippen MR) is 87.5 cm³/mol. The number of carboxylic acids is 1. The summed E-state index contributed by atoms with van der Waals surface area (Å²) in [6.45, 7) is 1.65. The number of nitrogens with one attached hydrogen (secondary N) is 1. The third-order valence-corrected chi connectivity index (χ3v) is 4.13. The molecule has 138 valence electrons. The van der Waals surface area contributed by atoms with Crippen LogP contribution in [0.15, 0.2) is 28.8 Å². The van der Waals surface area contributed by atoms with E-state index in [1.165, 1.54) is 7.11 Å². The lowest BCUT2D eigenvalue weighted by Crippen LogP contribution is -2.38. The molecule has 3 atom stereocenters. The molecule has 9 nitrogen and oxygen atoms in total. The molecule has 3 rings (SSSR count). The van der Waals surface area contributed by atoms with Gasteiger partial charge in [0.25, 0.3) is 0 Å². The average molecular weight is 361 g/mol. The fourth-order valence-electron chi connectivity index (χ4n) is 2.87. The molecule has 0 spiro atoms. The summed E-state index contributed by atoms with van der Waals surface area (Å²) in [6, 6.07) is 6.43. The van der Waals surface area contributed by atoms with Gasteiger partial charge in [-0.05, 0) is 18.9 Å². The quantitative estimate of drug-likeness (QED) is 0.787. The van der Waals surface area contributed by atoms with E-state index in [1.807, 2.05) is 0 Å². The van der Waals surface area contributed by atoms with Crippen molar-refractivity contribution in [3.63, 3.8) is 0 Å². The largest absolute Gasteiger partial charge is 0.496 e. The van der Waals surface area contributed by atoms with Crippen molar-refractivity contribution in [3.8, 4) is 5.75 Å². The zero-order chi connectivity index (χ0) is 18.7. The number of aliphatic carboxylic acids is 1. The summed E-state index contributed by atoms with van der Waals surface area (Å²) in [6.07, 6.45) is -1.20. The number of carboxylic acid groups (broad SMARTS) is 1. The number of para-hydroxylation sites is 1. The van der Waals surface area contributed by atoms with Crippen LogP contribution in [-0.2, 0) is 14.3 Å². The number of carbonyl (C=O) groups is 2. The molecule has 1 fully saturated rings. The third kappa shape index (κ3) is 3.67. The molecule has 1 saturated heterocycles. The summed E-state index contributed by atoms with van der Waals surface area (Å²) in [5, 5.41) is 15.7. The van der Waals surface area contributed by atoms with Crippen LogP contribution in [0, 0.1) is 6.92 Å². The van der Waals surface area contributed by atoms with E-state index in [4.69, 9.17) is 19.1 Å². The van der Waals surface area contributed by atoms with Gasteiger partial charge in [-0.3, -0.25) is 4.79 Å². The topological polar surface area (TPSA) is 124 Å². The van der Waals surface area contributed by atoms with Crippen LogP contribution in [0.2, 0.25) is 0 Å². The number of benzene rings is 1. The van der Waals surface area contributed by atoms with Gasteiger partial charge in [0.1, 0.15) is 17.9 Å². The Morgan fingerprint density at radius 3 is 2.65 bits per heavy atom. The fraction of sp³-hybridized carbons (Fsp3) is 0.412. The lowest BCUT2D eigenvalue weighted by Gasteiger charge is -2.20. The van der Waals surface area contributed by atoms with Crippen LogP contribution in [0.5, 0.6) is 5.75 Å². The number of hydrogen-bond donors (Lipinski definition) is 2. The Bertz CT molecular complexity index is 805. The molecule has 0 radical (unpaired) electrons. The third-order valence-electron chi connectivity index (χ3n) is 4.13. The maximum Gasteiger partial charge on any atom is 0.332 e. The van der Waals surface area contributed by atoms with Crippen LogP contribution in [0.4, 0.5) is 0 Å². The number of hydrogen-bond acceptors (Lipinski definition) is 7. The van der Waals surface area contributed by atoms with E-state index in [-0.39, 0.29) is 12.2 Å². The van der Waals surface area contributed by atoms with E-state index in [9.17, 15) is 9.59 Å². The molecule has 2 N–H and O–H groups in total. The normalized spacial score (nSPS) is 20.5. The Labute approximate surface area is 149 Å². The Morgan fingerprint density at radius 2 is 2.04 bits per heavy atom. The smallest absolute Gasteiger partial charge is 0.332 e. The Balaban J connectivity index is 1.85. The molecule has 9 heteroatoms. The molecule has 1 aromatic heterocycles. The van der Waals surface area contributed by atoms with E-state index >= 15 is 0 Å². The minimum Gasteiger partial charge on any atom is -0.496 e. The molecule has 0 saturated carbocycles. The molecule has 1 aliphatic rings. The maximum atomic E-state index is 12.6. The molecular formula is C17H19N3O6. The lowest BCUT2D eigenvalue weighted by atomic mass is 10.0. The zero-order valence-corrected chi connectivity index (χ0v) is 14.3. The highest BCUT2D eigenvalue weighted by molar-refractivity contribution is 5.83. The van der Waals surface area contributed by atoms with E-state index < -0.39 is 30.1 Å². The van der Waals surface area contributed by atoms with Crippen molar-refractivity contribution in [2.45, 2.75) is 38.0 Å². The minimum absolute atomic E-state index is 0.271. The Morgan fingerprint density at radius 1 is 1.31 bits per heavy atom. The fourth-order valence-corrected chi connectivity index (χ4v) is 2.87. The minimum atomic E-state index is -1.07. The molecule has 1 aliphatic heterocycles. The van der Waals surface area contributed by atoms with Crippen molar-refractivity contribution < 1.29 is 28.7 Å². The van der Waals surface area contributed by atoms with Gasteiger partial charge in [-0.1, -0.05) is 23.4 Å². The molecule has 0 bridgehead atoms. The first-order valence-corrected chi connectivity index (χ1v) is 8.11. The van der Waals surface area contributed by atoms with Crippen molar-refractivity contribution in [2.24, 2.45) is 0 Å². The van der Waals surface area contributed by atoms with Gasteiger partial charge in [0.15, 0.2) is 11.9 Å². The molecule has 26 heavy (non-hydrogen) atoms. The first-order chi connectivity index (χ1) is 12.5. The monoisotopic (exact) mass is 361 g/mol. The summed E-state index contributed by atoms with van der Waals surface area (Å²) in [7, 11) is 1.52. The molecule has 2 heterocycles. The SMILES string of the molecule is COc1ccccc1C(NC(=O)[C@@H]1CC[C@H](C(=O)O)O1)c1noc(C)n1. The molecule has 1 unspecified atom stereocenters. The van der Waals surface area contributed by atoms with Crippen molar-refractivity contribution in [1.29, 1.82) is 0 Å². The summed E-state index contributed by atoms with van der Waals surface area (Å²) in [5.41, 5.74) is 0.650. The zero-order valence-electron chi connectivity index (χ0n) is 14.3. The second kappa shape index (κ2) is 7.52. The van der Waals surface area contributed by atoms with Gasteiger partial charge in [-0.15, -0.1) is 0 Å². The van der Waals surface area contributed by atoms with Gasteiger partial charge >= 0.3 is 5.97 Å². The van der Waals surface area contributed by atoms with Crippen LogP contribution in [-0.4, -0.2) is 46.4 Å². The number of amides is 1. The number of aromatic nitrogens is 2. The average Bonchev–Trinajstić information content (AvgIpc) is 3.29. The molecule has 2 aromatic rings. The van der Waals surface area contributed by atoms with Crippen molar-refractivity contribution in [3.05, 3.63) is 41.5 Å². The van der Waals surface area contributed by atoms with Crippen LogP contribution in [0.3, 0.4) is 0 Å².